The molecule has 2 heterocycles. The molecule has 30 heavy (non-hydrogen) atoms. The number of rotatable bonds is 4. The fraction of sp³-hybridized carbons (Fsp3) is 0.120. The Morgan fingerprint density at radius 1 is 0.967 bits per heavy atom. The van der Waals surface area contributed by atoms with Crippen LogP contribution in [0.2, 0.25) is 0 Å². The third kappa shape index (κ3) is 3.05. The number of carbonyl (C=O) groups is 2. The van der Waals surface area contributed by atoms with Gasteiger partial charge in [-0.15, -0.1) is 0 Å². The highest BCUT2D eigenvalue weighted by molar-refractivity contribution is 6.04. The van der Waals surface area contributed by atoms with Crippen molar-refractivity contribution >= 4 is 28.4 Å². The molecule has 1 aliphatic rings. The molecule has 0 saturated heterocycles. The van der Waals surface area contributed by atoms with Crippen molar-refractivity contribution in [1.29, 1.82) is 0 Å². The normalized spacial score (nSPS) is 15.4. The monoisotopic (exact) mass is 395 g/mol. The Kier molecular flexibility index (Phi) is 4.36. The molecular weight excluding hydrogens is 374 g/mol. The summed E-state index contributed by atoms with van der Waals surface area (Å²) in [6.07, 6.45) is 1.94. The Balaban J connectivity index is 1.50. The van der Waals surface area contributed by atoms with Crippen LogP contribution in [-0.2, 0) is 4.79 Å². The van der Waals surface area contributed by atoms with E-state index in [9.17, 15) is 9.59 Å². The highest BCUT2D eigenvalue weighted by atomic mass is 16.2. The quantitative estimate of drug-likeness (QED) is 0.528. The molecule has 148 valence electrons. The second-order valence-corrected chi connectivity index (χ2v) is 7.63. The number of H-pyrrole nitrogens is 1. The molecule has 1 aliphatic heterocycles. The van der Waals surface area contributed by atoms with Crippen LogP contribution in [0.5, 0.6) is 0 Å². The Bertz CT molecular complexity index is 1260. The number of fused-ring (bicyclic) bond motifs is 2. The summed E-state index contributed by atoms with van der Waals surface area (Å²) in [5, 5.41) is 3.96. The van der Waals surface area contributed by atoms with Gasteiger partial charge in [-0.1, -0.05) is 54.1 Å². The van der Waals surface area contributed by atoms with Crippen molar-refractivity contribution in [2.45, 2.75) is 13.0 Å². The largest absolute Gasteiger partial charge is 0.361 e. The molecule has 5 rings (SSSR count). The van der Waals surface area contributed by atoms with Crippen molar-refractivity contribution in [2.24, 2.45) is 0 Å². The van der Waals surface area contributed by atoms with Crippen LogP contribution < -0.4 is 5.32 Å². The smallest absolute Gasteiger partial charge is 0.255 e. The average molecular weight is 395 g/mol. The van der Waals surface area contributed by atoms with Crippen molar-refractivity contribution in [1.82, 2.24) is 9.88 Å². The van der Waals surface area contributed by atoms with E-state index in [0.29, 0.717) is 5.56 Å². The predicted octanol–water partition coefficient (Wildman–Crippen LogP) is 4.66. The summed E-state index contributed by atoms with van der Waals surface area (Å²) in [6, 6.07) is 22.9. The van der Waals surface area contributed by atoms with Crippen LogP contribution in [0.4, 0.5) is 5.69 Å². The number of hydrogen-bond acceptors (Lipinski definition) is 2. The minimum Gasteiger partial charge on any atom is -0.361 e. The molecular formula is C25H21N3O2. The molecule has 2 amide bonds. The molecule has 0 spiro atoms. The van der Waals surface area contributed by atoms with E-state index >= 15 is 0 Å². The number of carbonyl (C=O) groups excluding carboxylic acids is 2. The lowest BCUT2D eigenvalue weighted by atomic mass is 9.97. The molecule has 3 aromatic carbocycles. The van der Waals surface area contributed by atoms with E-state index in [1.807, 2.05) is 85.9 Å². The first-order valence-corrected chi connectivity index (χ1v) is 9.94. The fourth-order valence-corrected chi connectivity index (χ4v) is 4.18. The molecule has 0 saturated carbocycles. The zero-order valence-electron chi connectivity index (χ0n) is 16.6. The second-order valence-electron chi connectivity index (χ2n) is 7.63. The molecule has 2 N–H and O–H groups in total. The minimum atomic E-state index is -0.311. The van der Waals surface area contributed by atoms with Crippen LogP contribution in [0.3, 0.4) is 0 Å². The number of benzene rings is 3. The third-order valence-corrected chi connectivity index (χ3v) is 5.62. The molecule has 5 nitrogen and oxygen atoms in total. The SMILES string of the molecule is Cc1ccc(NC(=O)CN2C(=O)c3ccccc3C2c2c[nH]c3ccccc23)cc1. The molecule has 0 radical (unpaired) electrons. The topological polar surface area (TPSA) is 65.2 Å². The molecule has 5 heteroatoms. The van der Waals surface area contributed by atoms with Gasteiger partial charge in [0, 0.05) is 33.9 Å². The van der Waals surface area contributed by atoms with Gasteiger partial charge in [-0.05, 0) is 36.8 Å². The number of hydrogen-bond donors (Lipinski definition) is 2. The predicted molar refractivity (Wildman–Crippen MR) is 117 cm³/mol. The first kappa shape index (κ1) is 18.2. The van der Waals surface area contributed by atoms with Gasteiger partial charge in [0.2, 0.25) is 5.91 Å². The van der Waals surface area contributed by atoms with Crippen LogP contribution in [0.25, 0.3) is 10.9 Å². The molecule has 1 atom stereocenters. The van der Waals surface area contributed by atoms with Crippen molar-refractivity contribution in [3.05, 3.63) is 101 Å². The first-order valence-electron chi connectivity index (χ1n) is 9.94. The van der Waals surface area contributed by atoms with E-state index in [0.717, 1.165) is 33.3 Å². The van der Waals surface area contributed by atoms with Crippen molar-refractivity contribution in [3.8, 4) is 0 Å². The van der Waals surface area contributed by atoms with Gasteiger partial charge >= 0.3 is 0 Å². The standard InChI is InChI=1S/C25H21N3O2/c1-16-10-12-17(13-11-16)27-23(29)15-28-24(19-7-2-3-8-20(19)25(28)30)21-14-26-22-9-5-4-6-18(21)22/h2-14,24,26H,15H2,1H3,(H,27,29). The van der Waals surface area contributed by atoms with Gasteiger partial charge in [0.1, 0.15) is 6.54 Å². The zero-order valence-corrected chi connectivity index (χ0v) is 16.6. The lowest BCUT2D eigenvalue weighted by molar-refractivity contribution is -0.117. The minimum absolute atomic E-state index is 0.0223. The van der Waals surface area contributed by atoms with Crippen LogP contribution in [0, 0.1) is 6.92 Å². The maximum absolute atomic E-state index is 13.2. The van der Waals surface area contributed by atoms with E-state index in [1.165, 1.54) is 0 Å². The van der Waals surface area contributed by atoms with E-state index in [2.05, 4.69) is 10.3 Å². The second kappa shape index (κ2) is 7.19. The van der Waals surface area contributed by atoms with Crippen molar-refractivity contribution in [3.63, 3.8) is 0 Å². The molecule has 0 fully saturated rings. The summed E-state index contributed by atoms with van der Waals surface area (Å²) >= 11 is 0. The van der Waals surface area contributed by atoms with Gasteiger partial charge in [0.25, 0.3) is 5.91 Å². The number of aromatic amines is 1. The first-order chi connectivity index (χ1) is 14.6. The van der Waals surface area contributed by atoms with Crippen LogP contribution in [-0.4, -0.2) is 28.2 Å². The summed E-state index contributed by atoms with van der Waals surface area (Å²) in [5.74, 6) is -0.343. The average Bonchev–Trinajstić information content (AvgIpc) is 3.29. The maximum atomic E-state index is 13.2. The summed E-state index contributed by atoms with van der Waals surface area (Å²) < 4.78 is 0. The molecule has 1 unspecified atom stereocenters. The van der Waals surface area contributed by atoms with Gasteiger partial charge in [0.05, 0.1) is 6.04 Å². The van der Waals surface area contributed by atoms with Gasteiger partial charge in [-0.3, -0.25) is 9.59 Å². The summed E-state index contributed by atoms with van der Waals surface area (Å²) in [6.45, 7) is 1.98. The van der Waals surface area contributed by atoms with E-state index in [4.69, 9.17) is 0 Å². The van der Waals surface area contributed by atoms with Crippen molar-refractivity contribution < 1.29 is 9.59 Å². The number of amides is 2. The lowest BCUT2D eigenvalue weighted by Crippen LogP contribution is -2.36. The zero-order chi connectivity index (χ0) is 20.7. The number of aromatic nitrogens is 1. The molecule has 4 aromatic rings. The number of aryl methyl sites for hydroxylation is 1. The van der Waals surface area contributed by atoms with Crippen LogP contribution >= 0.6 is 0 Å². The van der Waals surface area contributed by atoms with E-state index in [-0.39, 0.29) is 24.4 Å². The maximum Gasteiger partial charge on any atom is 0.255 e. The fourth-order valence-electron chi connectivity index (χ4n) is 4.18. The Labute approximate surface area is 174 Å². The van der Waals surface area contributed by atoms with Crippen LogP contribution in [0.1, 0.15) is 33.1 Å². The van der Waals surface area contributed by atoms with Gasteiger partial charge in [-0.25, -0.2) is 0 Å². The molecule has 0 aliphatic carbocycles. The Hall–Kier alpha value is -3.86. The van der Waals surface area contributed by atoms with Crippen LogP contribution in [0.15, 0.2) is 79.0 Å². The Morgan fingerprint density at radius 2 is 1.70 bits per heavy atom. The highest BCUT2D eigenvalue weighted by Crippen LogP contribution is 2.40. The van der Waals surface area contributed by atoms with E-state index < -0.39 is 0 Å². The summed E-state index contributed by atoms with van der Waals surface area (Å²) in [7, 11) is 0. The van der Waals surface area contributed by atoms with Crippen molar-refractivity contribution in [2.75, 3.05) is 11.9 Å². The number of nitrogens with one attached hydrogen (secondary N) is 2. The number of nitrogens with zero attached hydrogens (tertiary/aromatic N) is 1. The summed E-state index contributed by atoms with van der Waals surface area (Å²) in [5.41, 5.74) is 5.42. The number of anilines is 1. The Morgan fingerprint density at radius 3 is 2.53 bits per heavy atom. The van der Waals surface area contributed by atoms with E-state index in [1.54, 1.807) is 4.90 Å². The molecule has 0 bridgehead atoms. The lowest BCUT2D eigenvalue weighted by Gasteiger charge is -2.25. The third-order valence-electron chi connectivity index (χ3n) is 5.62. The summed E-state index contributed by atoms with van der Waals surface area (Å²) in [4.78, 5) is 31.0. The molecule has 1 aromatic heterocycles. The number of para-hydroxylation sites is 1. The van der Waals surface area contributed by atoms with Gasteiger partial charge in [-0.2, -0.15) is 0 Å². The highest BCUT2D eigenvalue weighted by Gasteiger charge is 2.39. The van der Waals surface area contributed by atoms with Gasteiger partial charge < -0.3 is 15.2 Å². The van der Waals surface area contributed by atoms with Gasteiger partial charge in [0.15, 0.2) is 0 Å².